The number of carbonyl (C=O) groups excluding carboxylic acids is 1. The molecule has 1 aromatic rings. The fourth-order valence-electron chi connectivity index (χ4n) is 2.12. The molecule has 4 nitrogen and oxygen atoms in total. The van der Waals surface area contributed by atoms with Gasteiger partial charge in [0.15, 0.2) is 0 Å². The van der Waals surface area contributed by atoms with E-state index in [0.717, 1.165) is 18.4 Å². The highest BCUT2D eigenvalue weighted by Crippen LogP contribution is 2.54. The second kappa shape index (κ2) is 5.08. The SMILES string of the molecule is C[C@@H](N)C(=O)NCC1(C(O)c2ccccc2)CC1. The van der Waals surface area contributed by atoms with Crippen molar-refractivity contribution in [3.05, 3.63) is 35.9 Å². The van der Waals surface area contributed by atoms with Crippen molar-refractivity contribution < 1.29 is 9.90 Å². The summed E-state index contributed by atoms with van der Waals surface area (Å²) in [6.45, 7) is 2.14. The summed E-state index contributed by atoms with van der Waals surface area (Å²) in [5.74, 6) is -0.165. The molecule has 4 heteroatoms. The molecular weight excluding hydrogens is 228 g/mol. The smallest absolute Gasteiger partial charge is 0.236 e. The number of carbonyl (C=O) groups is 1. The zero-order valence-electron chi connectivity index (χ0n) is 10.6. The summed E-state index contributed by atoms with van der Waals surface area (Å²) in [4.78, 5) is 11.5. The quantitative estimate of drug-likeness (QED) is 0.726. The number of hydrogen-bond acceptors (Lipinski definition) is 3. The first-order valence-electron chi connectivity index (χ1n) is 6.31. The average molecular weight is 248 g/mol. The van der Waals surface area contributed by atoms with Crippen molar-refractivity contribution >= 4 is 5.91 Å². The molecule has 1 saturated carbocycles. The summed E-state index contributed by atoms with van der Waals surface area (Å²) < 4.78 is 0. The highest BCUT2D eigenvalue weighted by atomic mass is 16.3. The Labute approximate surface area is 107 Å². The van der Waals surface area contributed by atoms with E-state index >= 15 is 0 Å². The maximum absolute atomic E-state index is 11.5. The molecule has 1 amide bonds. The molecule has 0 bridgehead atoms. The van der Waals surface area contributed by atoms with E-state index < -0.39 is 12.1 Å². The lowest BCUT2D eigenvalue weighted by Crippen LogP contribution is -2.42. The first-order valence-corrected chi connectivity index (χ1v) is 6.31. The number of nitrogens with one attached hydrogen (secondary N) is 1. The Hall–Kier alpha value is -1.39. The summed E-state index contributed by atoms with van der Waals surface area (Å²) in [6.07, 6.45) is 1.34. The first kappa shape index (κ1) is 13.1. The van der Waals surface area contributed by atoms with E-state index in [1.807, 2.05) is 30.3 Å². The highest BCUT2D eigenvalue weighted by Gasteiger charge is 2.49. The van der Waals surface area contributed by atoms with Crippen molar-refractivity contribution in [3.8, 4) is 0 Å². The molecule has 2 rings (SSSR count). The van der Waals surface area contributed by atoms with Crippen molar-refractivity contribution in [3.63, 3.8) is 0 Å². The Bertz CT molecular complexity index is 413. The molecule has 1 aromatic carbocycles. The van der Waals surface area contributed by atoms with E-state index in [1.54, 1.807) is 6.92 Å². The predicted molar refractivity (Wildman–Crippen MR) is 69.7 cm³/mol. The van der Waals surface area contributed by atoms with Crippen molar-refractivity contribution in [1.29, 1.82) is 0 Å². The predicted octanol–water partition coefficient (Wildman–Crippen LogP) is 0.964. The fraction of sp³-hybridized carbons (Fsp3) is 0.500. The van der Waals surface area contributed by atoms with Crippen LogP contribution in [0.5, 0.6) is 0 Å². The van der Waals surface area contributed by atoms with Gasteiger partial charge in [0.25, 0.3) is 0 Å². The minimum atomic E-state index is -0.521. The highest BCUT2D eigenvalue weighted by molar-refractivity contribution is 5.81. The maximum Gasteiger partial charge on any atom is 0.236 e. The van der Waals surface area contributed by atoms with Gasteiger partial charge in [-0.15, -0.1) is 0 Å². The lowest BCUT2D eigenvalue weighted by Gasteiger charge is -2.23. The van der Waals surface area contributed by atoms with Gasteiger partial charge in [-0.25, -0.2) is 0 Å². The van der Waals surface area contributed by atoms with E-state index in [2.05, 4.69) is 5.32 Å². The number of nitrogens with two attached hydrogens (primary N) is 1. The number of hydrogen-bond donors (Lipinski definition) is 3. The van der Waals surface area contributed by atoms with Gasteiger partial charge >= 0.3 is 0 Å². The van der Waals surface area contributed by atoms with Gasteiger partial charge in [-0.1, -0.05) is 30.3 Å². The van der Waals surface area contributed by atoms with Crippen molar-refractivity contribution in [2.75, 3.05) is 6.54 Å². The van der Waals surface area contributed by atoms with Crippen LogP contribution in [0.15, 0.2) is 30.3 Å². The van der Waals surface area contributed by atoms with Crippen LogP contribution in [-0.4, -0.2) is 23.6 Å². The van der Waals surface area contributed by atoms with Crippen LogP contribution in [0.4, 0.5) is 0 Å². The number of benzene rings is 1. The number of amides is 1. The van der Waals surface area contributed by atoms with Crippen LogP contribution < -0.4 is 11.1 Å². The Morgan fingerprint density at radius 3 is 2.56 bits per heavy atom. The number of aliphatic hydroxyl groups excluding tert-OH is 1. The van der Waals surface area contributed by atoms with Crippen LogP contribution in [0.3, 0.4) is 0 Å². The van der Waals surface area contributed by atoms with Crippen LogP contribution in [-0.2, 0) is 4.79 Å². The summed E-state index contributed by atoms with van der Waals surface area (Å²) in [5, 5.41) is 13.2. The molecule has 98 valence electrons. The Morgan fingerprint density at radius 2 is 2.06 bits per heavy atom. The van der Waals surface area contributed by atoms with Crippen LogP contribution >= 0.6 is 0 Å². The van der Waals surface area contributed by atoms with Crippen molar-refractivity contribution in [2.45, 2.75) is 31.9 Å². The molecule has 1 fully saturated rings. The van der Waals surface area contributed by atoms with E-state index in [1.165, 1.54) is 0 Å². The molecule has 1 unspecified atom stereocenters. The largest absolute Gasteiger partial charge is 0.388 e. The molecule has 0 aromatic heterocycles. The molecule has 18 heavy (non-hydrogen) atoms. The molecule has 1 aliphatic rings. The second-order valence-corrected chi connectivity index (χ2v) is 5.18. The third-order valence-corrected chi connectivity index (χ3v) is 3.62. The van der Waals surface area contributed by atoms with Gasteiger partial charge in [-0.05, 0) is 25.3 Å². The topological polar surface area (TPSA) is 75.4 Å². The average Bonchev–Trinajstić information content (AvgIpc) is 3.17. The summed E-state index contributed by atoms with van der Waals surface area (Å²) in [7, 11) is 0. The Kier molecular flexibility index (Phi) is 3.68. The molecule has 0 aliphatic heterocycles. The minimum Gasteiger partial charge on any atom is -0.388 e. The normalized spacial score (nSPS) is 19.9. The molecule has 0 radical (unpaired) electrons. The van der Waals surface area contributed by atoms with Crippen LogP contribution in [0.2, 0.25) is 0 Å². The fourth-order valence-corrected chi connectivity index (χ4v) is 2.12. The third kappa shape index (κ3) is 2.71. The van der Waals surface area contributed by atoms with Crippen molar-refractivity contribution in [2.24, 2.45) is 11.1 Å². The second-order valence-electron chi connectivity index (χ2n) is 5.18. The van der Waals surface area contributed by atoms with E-state index in [9.17, 15) is 9.90 Å². The van der Waals surface area contributed by atoms with Gasteiger partial charge in [0.05, 0.1) is 12.1 Å². The summed E-state index contributed by atoms with van der Waals surface area (Å²) in [5.41, 5.74) is 6.20. The van der Waals surface area contributed by atoms with E-state index in [4.69, 9.17) is 5.73 Å². The molecule has 4 N–H and O–H groups in total. The van der Waals surface area contributed by atoms with E-state index in [-0.39, 0.29) is 11.3 Å². The lowest BCUT2D eigenvalue weighted by atomic mass is 9.92. The zero-order valence-corrected chi connectivity index (χ0v) is 10.6. The maximum atomic E-state index is 11.5. The molecule has 0 spiro atoms. The third-order valence-electron chi connectivity index (χ3n) is 3.62. The number of aliphatic hydroxyl groups is 1. The molecular formula is C14H20N2O2. The van der Waals surface area contributed by atoms with Crippen molar-refractivity contribution in [1.82, 2.24) is 5.32 Å². The minimum absolute atomic E-state index is 0.165. The molecule has 1 aliphatic carbocycles. The van der Waals surface area contributed by atoms with E-state index in [0.29, 0.717) is 6.54 Å². The van der Waals surface area contributed by atoms with Gasteiger partial charge < -0.3 is 16.2 Å². The van der Waals surface area contributed by atoms with Crippen LogP contribution in [0, 0.1) is 5.41 Å². The lowest BCUT2D eigenvalue weighted by molar-refractivity contribution is -0.122. The van der Waals surface area contributed by atoms with Gasteiger partial charge in [0.2, 0.25) is 5.91 Å². The Morgan fingerprint density at radius 1 is 1.44 bits per heavy atom. The Balaban J connectivity index is 1.98. The molecule has 0 heterocycles. The van der Waals surface area contributed by atoms with Gasteiger partial charge in [0.1, 0.15) is 0 Å². The van der Waals surface area contributed by atoms with Crippen LogP contribution in [0.25, 0.3) is 0 Å². The summed E-state index contributed by atoms with van der Waals surface area (Å²) >= 11 is 0. The zero-order chi connectivity index (χ0) is 13.2. The van der Waals surface area contributed by atoms with Gasteiger partial charge in [-0.2, -0.15) is 0 Å². The monoisotopic (exact) mass is 248 g/mol. The molecule has 2 atom stereocenters. The standard InChI is InChI=1S/C14H20N2O2/c1-10(15)13(18)16-9-14(7-8-14)12(17)11-5-3-2-4-6-11/h2-6,10,12,17H,7-9,15H2,1H3,(H,16,18)/t10-,12?/m1/s1. The number of rotatable bonds is 5. The summed E-state index contributed by atoms with van der Waals surface area (Å²) in [6, 6.07) is 9.07. The van der Waals surface area contributed by atoms with Gasteiger partial charge in [-0.3, -0.25) is 4.79 Å². The first-order chi connectivity index (χ1) is 8.55. The molecule has 0 saturated heterocycles. The van der Waals surface area contributed by atoms with Gasteiger partial charge in [0, 0.05) is 12.0 Å². The van der Waals surface area contributed by atoms with Crippen LogP contribution in [0.1, 0.15) is 31.4 Å².